The standard InChI is InChI=1S/C27H26F2N6O4/c1-32-21-6-3-2-5-18(21)27(16-30)9-13-34(14-10-27)12-4-11-33-25(37)35-22(23(24(31)36)39-26(35)38)17-7-8-19(28)20(29)15-17/h2-3,5-8,15,22-23H,4,9-14H2,(H2,31,36)(H,33,37). The topological polar surface area (TPSA) is 133 Å². The first-order chi connectivity index (χ1) is 18.7. The van der Waals surface area contributed by atoms with Gasteiger partial charge in [0.1, 0.15) is 6.04 Å². The van der Waals surface area contributed by atoms with Crippen molar-refractivity contribution in [2.45, 2.75) is 36.8 Å². The van der Waals surface area contributed by atoms with Crippen LogP contribution in [0.15, 0.2) is 42.5 Å². The van der Waals surface area contributed by atoms with Gasteiger partial charge in [-0.15, -0.1) is 0 Å². The molecule has 2 saturated heterocycles. The lowest BCUT2D eigenvalue weighted by Crippen LogP contribution is -2.45. The molecule has 4 amide bonds. The molecule has 0 saturated carbocycles. The maximum absolute atomic E-state index is 13.8. The van der Waals surface area contributed by atoms with E-state index in [0.717, 1.165) is 23.8 Å². The molecule has 12 heteroatoms. The molecule has 0 radical (unpaired) electrons. The lowest BCUT2D eigenvalue weighted by Gasteiger charge is -2.38. The number of nitrogens with two attached hydrogens (primary N) is 1. The van der Waals surface area contributed by atoms with Crippen LogP contribution in [0.25, 0.3) is 4.85 Å². The maximum Gasteiger partial charge on any atom is 0.419 e. The summed E-state index contributed by atoms with van der Waals surface area (Å²) in [7, 11) is 0. The van der Waals surface area contributed by atoms with Gasteiger partial charge in [0.05, 0.1) is 18.1 Å². The van der Waals surface area contributed by atoms with E-state index in [0.29, 0.717) is 49.5 Å². The molecule has 2 heterocycles. The summed E-state index contributed by atoms with van der Waals surface area (Å²) in [6, 6.07) is 10.1. The zero-order valence-corrected chi connectivity index (χ0v) is 20.9. The monoisotopic (exact) mass is 536 g/mol. The van der Waals surface area contributed by atoms with E-state index in [2.05, 4.69) is 21.1 Å². The fourth-order valence-corrected chi connectivity index (χ4v) is 5.08. The first-order valence-corrected chi connectivity index (χ1v) is 12.3. The molecule has 10 nitrogen and oxygen atoms in total. The predicted molar refractivity (Wildman–Crippen MR) is 134 cm³/mol. The number of nitrogens with one attached hydrogen (secondary N) is 1. The Morgan fingerprint density at radius 3 is 2.56 bits per heavy atom. The lowest BCUT2D eigenvalue weighted by atomic mass is 9.73. The van der Waals surface area contributed by atoms with Crippen LogP contribution >= 0.6 is 0 Å². The molecule has 0 aromatic heterocycles. The van der Waals surface area contributed by atoms with Crippen LogP contribution in [0.1, 0.15) is 36.4 Å². The smallest absolute Gasteiger partial charge is 0.419 e. The lowest BCUT2D eigenvalue weighted by molar-refractivity contribution is -0.125. The highest BCUT2D eigenvalue weighted by Gasteiger charge is 2.49. The van der Waals surface area contributed by atoms with Gasteiger partial charge in [-0.3, -0.25) is 4.79 Å². The fraction of sp³-hybridized carbons (Fsp3) is 0.370. The molecule has 2 aromatic carbocycles. The van der Waals surface area contributed by atoms with Gasteiger partial charge >= 0.3 is 12.1 Å². The Balaban J connectivity index is 1.33. The Morgan fingerprint density at radius 1 is 1.21 bits per heavy atom. The second kappa shape index (κ2) is 11.5. The van der Waals surface area contributed by atoms with Gasteiger partial charge in [0.25, 0.3) is 5.91 Å². The van der Waals surface area contributed by atoms with Gasteiger partial charge in [-0.2, -0.15) is 5.26 Å². The molecule has 2 aliphatic heterocycles. The first-order valence-electron chi connectivity index (χ1n) is 12.3. The molecule has 2 aliphatic rings. The molecule has 4 rings (SSSR count). The average molecular weight is 537 g/mol. The minimum atomic E-state index is -1.56. The molecule has 3 N–H and O–H groups in total. The van der Waals surface area contributed by atoms with E-state index in [9.17, 15) is 28.4 Å². The Labute approximate surface area is 223 Å². The minimum Gasteiger partial charge on any atom is -0.433 e. The zero-order valence-electron chi connectivity index (χ0n) is 20.9. The van der Waals surface area contributed by atoms with Crippen LogP contribution in [0.5, 0.6) is 0 Å². The predicted octanol–water partition coefficient (Wildman–Crippen LogP) is 3.52. The molecule has 2 fully saturated rings. The van der Waals surface area contributed by atoms with Crippen LogP contribution in [0.3, 0.4) is 0 Å². The number of nitriles is 1. The number of imide groups is 1. The Kier molecular flexibility index (Phi) is 8.07. The van der Waals surface area contributed by atoms with Crippen LogP contribution in [-0.4, -0.2) is 60.1 Å². The van der Waals surface area contributed by atoms with Crippen molar-refractivity contribution in [3.05, 3.63) is 76.6 Å². The van der Waals surface area contributed by atoms with Crippen molar-refractivity contribution in [3.63, 3.8) is 0 Å². The summed E-state index contributed by atoms with van der Waals surface area (Å²) in [6.45, 7) is 9.46. The van der Waals surface area contributed by atoms with E-state index < -0.39 is 47.2 Å². The van der Waals surface area contributed by atoms with Gasteiger partial charge in [0, 0.05) is 6.54 Å². The third-order valence-corrected chi connectivity index (χ3v) is 7.16. The van der Waals surface area contributed by atoms with E-state index in [-0.39, 0.29) is 12.1 Å². The third-order valence-electron chi connectivity index (χ3n) is 7.16. The summed E-state index contributed by atoms with van der Waals surface area (Å²) in [5, 5.41) is 12.6. The second-order valence-corrected chi connectivity index (χ2v) is 9.45. The number of likely N-dealkylation sites (tertiary alicyclic amines) is 1. The van der Waals surface area contributed by atoms with Crippen molar-refractivity contribution in [3.8, 4) is 6.07 Å². The number of nitrogens with zero attached hydrogens (tertiary/aromatic N) is 4. The van der Waals surface area contributed by atoms with Crippen LogP contribution in [0.4, 0.5) is 24.1 Å². The molecule has 2 atom stereocenters. The second-order valence-electron chi connectivity index (χ2n) is 9.45. The van der Waals surface area contributed by atoms with Gasteiger partial charge < -0.3 is 20.7 Å². The fourth-order valence-electron chi connectivity index (χ4n) is 5.08. The van der Waals surface area contributed by atoms with Crippen molar-refractivity contribution >= 4 is 23.7 Å². The molecular weight excluding hydrogens is 510 g/mol. The van der Waals surface area contributed by atoms with Crippen molar-refractivity contribution in [2.24, 2.45) is 5.73 Å². The molecule has 2 unspecified atom stereocenters. The quantitative estimate of drug-likeness (QED) is 0.411. The number of carbonyl (C=O) groups is 3. The molecule has 39 heavy (non-hydrogen) atoms. The summed E-state index contributed by atoms with van der Waals surface area (Å²) in [6.07, 6.45) is -1.05. The third kappa shape index (κ3) is 5.52. The Hall–Kier alpha value is -4.55. The molecular formula is C27H26F2N6O4. The highest BCUT2D eigenvalue weighted by atomic mass is 19.2. The largest absolute Gasteiger partial charge is 0.433 e. The number of piperidine rings is 1. The number of primary amides is 1. The van der Waals surface area contributed by atoms with Gasteiger partial charge in [0.2, 0.25) is 6.10 Å². The van der Waals surface area contributed by atoms with Crippen molar-refractivity contribution in [2.75, 3.05) is 26.2 Å². The van der Waals surface area contributed by atoms with Gasteiger partial charge in [-0.25, -0.2) is 28.1 Å². The number of urea groups is 1. The average Bonchev–Trinajstić information content (AvgIpc) is 3.30. The van der Waals surface area contributed by atoms with E-state index in [4.69, 9.17) is 17.0 Å². The van der Waals surface area contributed by atoms with Crippen LogP contribution in [0, 0.1) is 29.5 Å². The number of benzene rings is 2. The SMILES string of the molecule is [C-]#[N+]c1ccccc1C1(C#N)CCN(CCCNC(=O)N2C(=O)OC(C(N)=O)C2c2ccc(F)c(F)c2)CC1. The number of para-hydroxylation sites is 1. The van der Waals surface area contributed by atoms with Crippen molar-refractivity contribution in [1.29, 1.82) is 5.26 Å². The Morgan fingerprint density at radius 2 is 1.92 bits per heavy atom. The number of amides is 4. The van der Waals surface area contributed by atoms with Crippen LogP contribution < -0.4 is 11.1 Å². The number of ether oxygens (including phenoxy) is 1. The van der Waals surface area contributed by atoms with Gasteiger partial charge in [-0.05, 0) is 62.2 Å². The number of halogens is 2. The van der Waals surface area contributed by atoms with Gasteiger partial charge in [-0.1, -0.05) is 30.3 Å². The number of carbonyl (C=O) groups excluding carboxylic acids is 3. The summed E-state index contributed by atoms with van der Waals surface area (Å²) in [5.41, 5.74) is 5.80. The molecule has 2 aromatic rings. The molecule has 0 spiro atoms. The summed E-state index contributed by atoms with van der Waals surface area (Å²) in [4.78, 5) is 43.5. The van der Waals surface area contributed by atoms with Crippen LogP contribution in [-0.2, 0) is 14.9 Å². The van der Waals surface area contributed by atoms with Crippen molar-refractivity contribution < 1.29 is 27.9 Å². The summed E-state index contributed by atoms with van der Waals surface area (Å²) < 4.78 is 32.2. The Bertz CT molecular complexity index is 1360. The maximum atomic E-state index is 13.8. The molecule has 0 bridgehead atoms. The minimum absolute atomic E-state index is 0.0206. The van der Waals surface area contributed by atoms with Crippen LogP contribution in [0.2, 0.25) is 0 Å². The highest BCUT2D eigenvalue weighted by molar-refractivity contribution is 5.96. The molecule has 202 valence electrons. The number of hydrogen-bond acceptors (Lipinski definition) is 6. The zero-order chi connectivity index (χ0) is 28.2. The van der Waals surface area contributed by atoms with E-state index in [1.807, 2.05) is 12.1 Å². The normalized spacial score (nSPS) is 20.5. The summed E-state index contributed by atoms with van der Waals surface area (Å²) in [5.74, 6) is -3.38. The van der Waals surface area contributed by atoms with E-state index >= 15 is 0 Å². The van der Waals surface area contributed by atoms with Gasteiger partial charge in [0.15, 0.2) is 17.3 Å². The van der Waals surface area contributed by atoms with E-state index in [1.165, 1.54) is 0 Å². The molecule has 0 aliphatic carbocycles. The number of hydrogen-bond donors (Lipinski definition) is 2. The van der Waals surface area contributed by atoms with Crippen molar-refractivity contribution in [1.82, 2.24) is 15.1 Å². The highest BCUT2D eigenvalue weighted by Crippen LogP contribution is 2.40. The number of rotatable bonds is 7. The number of cyclic esters (lactones) is 1. The summed E-state index contributed by atoms with van der Waals surface area (Å²) >= 11 is 0. The first kappa shape index (κ1) is 27.5. The van der Waals surface area contributed by atoms with E-state index in [1.54, 1.807) is 12.1 Å².